The molecule has 0 radical (unpaired) electrons. The summed E-state index contributed by atoms with van der Waals surface area (Å²) in [4.78, 5) is 12.7. The van der Waals surface area contributed by atoms with Gasteiger partial charge < -0.3 is 14.7 Å². The number of hydrogen-bond donors (Lipinski definition) is 1. The number of carbonyl (C=O) groups excluding carboxylic acids is 1. The topological polar surface area (TPSA) is 49.8 Å². The number of rotatable bonds is 2. The maximum absolute atomic E-state index is 11.1. The minimum Gasteiger partial charge on any atom is -0.453 e. The van der Waals surface area contributed by atoms with E-state index in [2.05, 4.69) is 4.74 Å². The molecule has 1 N–H and O–H groups in total. The van der Waals surface area contributed by atoms with Crippen LogP contribution in [0.2, 0.25) is 0 Å². The second-order valence-corrected chi connectivity index (χ2v) is 4.67. The van der Waals surface area contributed by atoms with Gasteiger partial charge in [-0.2, -0.15) is 0 Å². The monoisotopic (exact) mass is 213 g/mol. The maximum Gasteiger partial charge on any atom is 0.409 e. The smallest absolute Gasteiger partial charge is 0.409 e. The molecule has 1 heterocycles. The second kappa shape index (κ2) is 4.39. The molecule has 1 aliphatic carbocycles. The van der Waals surface area contributed by atoms with Crippen LogP contribution in [-0.4, -0.2) is 42.4 Å². The Kier molecular flexibility index (Phi) is 3.14. The fourth-order valence-electron chi connectivity index (χ4n) is 2.69. The fourth-order valence-corrected chi connectivity index (χ4v) is 2.69. The molecule has 2 aliphatic rings. The number of ether oxygens (including phenoxy) is 1. The molecule has 1 unspecified atom stereocenters. The van der Waals surface area contributed by atoms with Crippen LogP contribution in [0, 0.1) is 11.8 Å². The summed E-state index contributed by atoms with van der Waals surface area (Å²) < 4.78 is 4.61. The highest BCUT2D eigenvalue weighted by Gasteiger charge is 2.39. The van der Waals surface area contributed by atoms with Gasteiger partial charge in [0.15, 0.2) is 0 Å². The summed E-state index contributed by atoms with van der Waals surface area (Å²) in [6.45, 7) is 1.31. The summed E-state index contributed by atoms with van der Waals surface area (Å²) in [6.07, 6.45) is 4.30. The summed E-state index contributed by atoms with van der Waals surface area (Å²) in [5.41, 5.74) is 0. The van der Waals surface area contributed by atoms with Crippen molar-refractivity contribution in [3.05, 3.63) is 0 Å². The Morgan fingerprint density at radius 3 is 2.47 bits per heavy atom. The molecule has 15 heavy (non-hydrogen) atoms. The first-order chi connectivity index (χ1) is 7.22. The van der Waals surface area contributed by atoms with Crippen LogP contribution < -0.4 is 0 Å². The van der Waals surface area contributed by atoms with Gasteiger partial charge in [0, 0.05) is 19.0 Å². The highest BCUT2D eigenvalue weighted by molar-refractivity contribution is 5.68. The van der Waals surface area contributed by atoms with Gasteiger partial charge in [-0.15, -0.1) is 0 Å². The molecule has 86 valence electrons. The van der Waals surface area contributed by atoms with E-state index in [4.69, 9.17) is 0 Å². The summed E-state index contributed by atoms with van der Waals surface area (Å²) in [5, 5.41) is 10.1. The van der Waals surface area contributed by atoms with Gasteiger partial charge in [-0.3, -0.25) is 0 Å². The Bertz CT molecular complexity index is 232. The molecular formula is C11H19NO3. The largest absolute Gasteiger partial charge is 0.453 e. The van der Waals surface area contributed by atoms with Gasteiger partial charge in [0.25, 0.3) is 0 Å². The van der Waals surface area contributed by atoms with Gasteiger partial charge in [0.1, 0.15) is 0 Å². The van der Waals surface area contributed by atoms with E-state index in [9.17, 15) is 9.90 Å². The van der Waals surface area contributed by atoms with Crippen molar-refractivity contribution in [2.45, 2.75) is 31.8 Å². The Hall–Kier alpha value is -0.770. The summed E-state index contributed by atoms with van der Waals surface area (Å²) >= 11 is 0. The number of carbonyl (C=O) groups is 1. The molecule has 0 aromatic rings. The average Bonchev–Trinajstić information content (AvgIpc) is 2.67. The predicted molar refractivity (Wildman–Crippen MR) is 55.4 cm³/mol. The van der Waals surface area contributed by atoms with E-state index < -0.39 is 0 Å². The number of likely N-dealkylation sites (tertiary alicyclic amines) is 1. The number of aliphatic hydroxyl groups excluding tert-OH is 1. The van der Waals surface area contributed by atoms with Crippen molar-refractivity contribution in [3.63, 3.8) is 0 Å². The third-order valence-corrected chi connectivity index (χ3v) is 3.71. The molecule has 1 atom stereocenters. The van der Waals surface area contributed by atoms with Crippen molar-refractivity contribution in [1.82, 2.24) is 4.90 Å². The third-order valence-electron chi connectivity index (χ3n) is 3.71. The van der Waals surface area contributed by atoms with Gasteiger partial charge in [0.2, 0.25) is 0 Å². The highest BCUT2D eigenvalue weighted by atomic mass is 16.5. The van der Waals surface area contributed by atoms with Crippen LogP contribution in [0.4, 0.5) is 4.79 Å². The van der Waals surface area contributed by atoms with Crippen molar-refractivity contribution in [3.8, 4) is 0 Å². The lowest BCUT2D eigenvalue weighted by Crippen LogP contribution is -2.55. The molecule has 1 saturated heterocycles. The molecular weight excluding hydrogens is 194 g/mol. The van der Waals surface area contributed by atoms with Gasteiger partial charge >= 0.3 is 6.09 Å². The lowest BCUT2D eigenvalue weighted by atomic mass is 9.85. The lowest BCUT2D eigenvalue weighted by Gasteiger charge is -2.42. The van der Waals surface area contributed by atoms with Gasteiger partial charge in [-0.1, -0.05) is 12.8 Å². The van der Waals surface area contributed by atoms with E-state index in [1.54, 1.807) is 4.90 Å². The number of nitrogens with zero attached hydrogens (tertiary/aromatic N) is 1. The van der Waals surface area contributed by atoms with Crippen molar-refractivity contribution < 1.29 is 14.6 Å². The minimum absolute atomic E-state index is 0.214. The molecule has 2 fully saturated rings. The lowest BCUT2D eigenvalue weighted by molar-refractivity contribution is -0.0270. The summed E-state index contributed by atoms with van der Waals surface area (Å²) in [5.74, 6) is 0.738. The second-order valence-electron chi connectivity index (χ2n) is 4.67. The first-order valence-electron chi connectivity index (χ1n) is 5.73. The van der Waals surface area contributed by atoms with Crippen molar-refractivity contribution in [2.24, 2.45) is 11.8 Å². The first-order valence-corrected chi connectivity index (χ1v) is 5.73. The Balaban J connectivity index is 1.76. The predicted octanol–water partition coefficient (Wildman–Crippen LogP) is 1.24. The van der Waals surface area contributed by atoms with E-state index in [1.165, 1.54) is 20.0 Å². The summed E-state index contributed by atoms with van der Waals surface area (Å²) in [6, 6.07) is 0. The molecule has 0 aromatic heterocycles. The minimum atomic E-state index is -0.273. The van der Waals surface area contributed by atoms with Crippen LogP contribution in [0.1, 0.15) is 25.7 Å². The standard InChI is InChI=1S/C11H19NO3/c1-15-11(14)12-6-9(7-12)10(13)8-4-2-3-5-8/h8-10,13H,2-7H2,1H3. The molecule has 1 aliphatic heterocycles. The molecule has 4 nitrogen and oxygen atoms in total. The molecule has 1 saturated carbocycles. The van der Waals surface area contributed by atoms with Gasteiger partial charge in [-0.25, -0.2) is 4.79 Å². The van der Waals surface area contributed by atoms with Gasteiger partial charge in [0.05, 0.1) is 13.2 Å². The molecule has 4 heteroatoms. The number of aliphatic hydroxyl groups is 1. The van der Waals surface area contributed by atoms with E-state index >= 15 is 0 Å². The number of methoxy groups -OCH3 is 1. The normalized spacial score (nSPS) is 25.1. The average molecular weight is 213 g/mol. The molecule has 2 rings (SSSR count). The Labute approximate surface area is 90.2 Å². The van der Waals surface area contributed by atoms with E-state index in [-0.39, 0.29) is 18.1 Å². The molecule has 0 bridgehead atoms. The van der Waals surface area contributed by atoms with Crippen molar-refractivity contribution in [1.29, 1.82) is 0 Å². The zero-order valence-corrected chi connectivity index (χ0v) is 9.19. The fraction of sp³-hybridized carbons (Fsp3) is 0.909. The highest BCUT2D eigenvalue weighted by Crippen LogP contribution is 2.33. The zero-order chi connectivity index (χ0) is 10.8. The zero-order valence-electron chi connectivity index (χ0n) is 9.19. The molecule has 0 spiro atoms. The number of amides is 1. The van der Waals surface area contributed by atoms with Gasteiger partial charge in [-0.05, 0) is 18.8 Å². The third kappa shape index (κ3) is 2.09. The van der Waals surface area contributed by atoms with Crippen LogP contribution in [0.25, 0.3) is 0 Å². The summed E-state index contributed by atoms with van der Waals surface area (Å²) in [7, 11) is 1.39. The van der Waals surface area contributed by atoms with Crippen LogP contribution in [-0.2, 0) is 4.74 Å². The maximum atomic E-state index is 11.1. The van der Waals surface area contributed by atoms with Crippen molar-refractivity contribution in [2.75, 3.05) is 20.2 Å². The Morgan fingerprint density at radius 2 is 1.93 bits per heavy atom. The van der Waals surface area contributed by atoms with Crippen LogP contribution >= 0.6 is 0 Å². The van der Waals surface area contributed by atoms with E-state index in [0.29, 0.717) is 19.0 Å². The molecule has 1 amide bonds. The molecule has 0 aromatic carbocycles. The van der Waals surface area contributed by atoms with E-state index in [0.717, 1.165) is 12.8 Å². The Morgan fingerprint density at radius 1 is 1.33 bits per heavy atom. The quantitative estimate of drug-likeness (QED) is 0.750. The van der Waals surface area contributed by atoms with Crippen LogP contribution in [0.5, 0.6) is 0 Å². The van der Waals surface area contributed by atoms with Crippen LogP contribution in [0.3, 0.4) is 0 Å². The van der Waals surface area contributed by atoms with E-state index in [1.807, 2.05) is 0 Å². The first kappa shape index (κ1) is 10.7. The SMILES string of the molecule is COC(=O)N1CC(C(O)C2CCCC2)C1. The number of hydrogen-bond acceptors (Lipinski definition) is 3. The van der Waals surface area contributed by atoms with Crippen LogP contribution in [0.15, 0.2) is 0 Å². The van der Waals surface area contributed by atoms with Crippen molar-refractivity contribution >= 4 is 6.09 Å².